The van der Waals surface area contributed by atoms with Crippen molar-refractivity contribution < 1.29 is 39.5 Å². The maximum atomic E-state index is 9.86. The van der Waals surface area contributed by atoms with Crippen LogP contribution in [0.4, 0.5) is 14.4 Å². The second-order valence-corrected chi connectivity index (χ2v) is 0.986. The zero-order valence-electron chi connectivity index (χ0n) is 4.94. The average Bonchev–Trinajstić information content (AvgIpc) is 1.58. The van der Waals surface area contributed by atoms with Crippen molar-refractivity contribution in [3.05, 3.63) is 0 Å². The number of hydrogen-bond donors (Lipinski definition) is 2. The van der Waals surface area contributed by atoms with Gasteiger partial charge in [0.05, 0.1) is 0 Å². The first-order valence-electron chi connectivity index (χ1n) is 1.88. The Hall–Kier alpha value is 2.17. The third-order valence-corrected chi connectivity index (χ3v) is 0.341. The minimum atomic E-state index is -1.92. The monoisotopic (exact) mass is 264 g/mol. The molecule has 15 heavy (non-hydrogen) atoms. The van der Waals surface area contributed by atoms with Crippen LogP contribution in [0.15, 0.2) is 0 Å². The van der Waals surface area contributed by atoms with Gasteiger partial charge in [0.15, 0.2) is 0 Å². The Morgan fingerprint density at radius 2 is 0.933 bits per heavy atom. The Labute approximate surface area is 173 Å². The van der Waals surface area contributed by atoms with Crippen LogP contribution >= 0.6 is 0 Å². The van der Waals surface area contributed by atoms with Crippen molar-refractivity contribution in [1.82, 2.24) is 0 Å². The van der Waals surface area contributed by atoms with E-state index in [1.807, 2.05) is 0 Å². The van der Waals surface area contributed by atoms with Crippen LogP contribution in [0.1, 0.15) is 0 Å². The van der Waals surface area contributed by atoms with E-state index in [-0.39, 0.29) is 124 Å². The molecule has 0 heterocycles. The zero-order valence-corrected chi connectivity index (χ0v) is 4.94. The van der Waals surface area contributed by atoms with Gasteiger partial charge in [-0.1, -0.05) is 0 Å². The van der Waals surface area contributed by atoms with Gasteiger partial charge in [-0.2, -0.15) is 0 Å². The molecule has 0 aliphatic heterocycles. The fourth-order valence-electron chi connectivity index (χ4n) is 0.163. The Kier molecular flexibility index (Phi) is 51.5. The molecule has 0 aromatic heterocycles. The number of rotatable bonds is 0. The summed E-state index contributed by atoms with van der Waals surface area (Å²) in [6, 6.07) is 0. The SMILES string of the molecule is O.O=C(O)OC(=O)OC(=O)O.[NaH].[NaH].[NaH].[NaH]. The van der Waals surface area contributed by atoms with Crippen LogP contribution in [-0.2, 0) is 9.47 Å². The van der Waals surface area contributed by atoms with Crippen LogP contribution in [0, 0.1) is 0 Å². The summed E-state index contributed by atoms with van der Waals surface area (Å²) in [5, 5.41) is 15.4. The van der Waals surface area contributed by atoms with E-state index in [9.17, 15) is 14.4 Å². The van der Waals surface area contributed by atoms with E-state index in [1.165, 1.54) is 0 Å². The van der Waals surface area contributed by atoms with Crippen LogP contribution in [0.5, 0.6) is 0 Å². The van der Waals surface area contributed by atoms with Gasteiger partial charge in [0.2, 0.25) is 0 Å². The fourth-order valence-corrected chi connectivity index (χ4v) is 0.163. The first-order valence-corrected chi connectivity index (χ1v) is 1.88. The molecule has 0 aromatic rings. The molecule has 0 aliphatic rings. The van der Waals surface area contributed by atoms with Gasteiger partial charge in [-0.3, -0.25) is 0 Å². The molecule has 0 fully saturated rings. The molecular formula is C3H8Na4O8. The van der Waals surface area contributed by atoms with Gasteiger partial charge in [-0.05, 0) is 0 Å². The van der Waals surface area contributed by atoms with E-state index in [2.05, 4.69) is 9.47 Å². The van der Waals surface area contributed by atoms with E-state index in [4.69, 9.17) is 10.2 Å². The minimum absolute atomic E-state index is 0. The molecule has 12 heteroatoms. The normalized spacial score (nSPS) is 5.33. The van der Waals surface area contributed by atoms with Crippen LogP contribution in [-0.4, -0.2) is 152 Å². The fraction of sp³-hybridized carbons (Fsp3) is 0. The number of carboxylic acid groups (broad SMARTS) is 2. The second-order valence-electron chi connectivity index (χ2n) is 0.986. The van der Waals surface area contributed by atoms with Gasteiger partial charge in [0.1, 0.15) is 0 Å². The Morgan fingerprint density at radius 3 is 1.07 bits per heavy atom. The topological polar surface area (TPSA) is 142 Å². The summed E-state index contributed by atoms with van der Waals surface area (Å²) in [5.74, 6) is 0. The summed E-state index contributed by atoms with van der Waals surface area (Å²) >= 11 is 0. The first-order chi connectivity index (χ1) is 4.52. The van der Waals surface area contributed by atoms with Crippen molar-refractivity contribution in [1.29, 1.82) is 0 Å². The Bertz CT molecular complexity index is 165. The molecule has 0 unspecified atom stereocenters. The maximum absolute atomic E-state index is 9.86. The van der Waals surface area contributed by atoms with Crippen LogP contribution in [0.25, 0.3) is 0 Å². The summed E-state index contributed by atoms with van der Waals surface area (Å²) in [7, 11) is 0. The summed E-state index contributed by atoms with van der Waals surface area (Å²) < 4.78 is 6.47. The van der Waals surface area contributed by atoms with E-state index < -0.39 is 18.5 Å². The predicted octanol–water partition coefficient (Wildman–Crippen LogP) is -2.92. The van der Waals surface area contributed by atoms with Gasteiger partial charge >= 0.3 is 137 Å². The third kappa shape index (κ3) is 31.4. The molecule has 72 valence electrons. The summed E-state index contributed by atoms with van der Waals surface area (Å²) in [5.41, 5.74) is 0. The number of hydrogen-bond acceptors (Lipinski definition) is 5. The van der Waals surface area contributed by atoms with Crippen molar-refractivity contribution in [3.63, 3.8) is 0 Å². The molecule has 0 radical (unpaired) electrons. The molecule has 0 saturated heterocycles. The Balaban J connectivity index is -0.0000000405. The second kappa shape index (κ2) is 21.5. The standard InChI is InChI=1S/C3H2O7.4Na.H2O.4H/c4-1(5)9-3(8)10-2(6)7;;;;;;;;;/h(H,4,5)(H,6,7);;;;;1H2;;;;. The van der Waals surface area contributed by atoms with E-state index >= 15 is 0 Å². The summed E-state index contributed by atoms with van der Waals surface area (Å²) in [4.78, 5) is 28.8. The number of ether oxygens (including phenoxy) is 2. The summed E-state index contributed by atoms with van der Waals surface area (Å²) in [6.07, 6.45) is -5.64. The summed E-state index contributed by atoms with van der Waals surface area (Å²) in [6.45, 7) is 0. The third-order valence-electron chi connectivity index (χ3n) is 0.341. The van der Waals surface area contributed by atoms with Crippen molar-refractivity contribution in [2.75, 3.05) is 0 Å². The van der Waals surface area contributed by atoms with Gasteiger partial charge in [-0.25, -0.2) is 14.4 Å². The molecule has 0 amide bonds. The Morgan fingerprint density at radius 1 is 0.733 bits per heavy atom. The van der Waals surface area contributed by atoms with Gasteiger partial charge in [0, 0.05) is 0 Å². The molecule has 0 atom stereocenters. The van der Waals surface area contributed by atoms with Crippen LogP contribution in [0.2, 0.25) is 0 Å². The molecule has 0 aromatic carbocycles. The molecule has 0 spiro atoms. The quantitative estimate of drug-likeness (QED) is 0.271. The van der Waals surface area contributed by atoms with Gasteiger partial charge < -0.3 is 25.2 Å². The molecule has 8 nitrogen and oxygen atoms in total. The molecule has 0 saturated carbocycles. The first kappa shape index (κ1) is 36.0. The molecule has 4 N–H and O–H groups in total. The number of carbonyl (C=O) groups is 3. The van der Waals surface area contributed by atoms with Crippen LogP contribution < -0.4 is 0 Å². The number of carbonyl (C=O) groups excluding carboxylic acids is 1. The van der Waals surface area contributed by atoms with Gasteiger partial charge in [-0.15, -0.1) is 0 Å². The van der Waals surface area contributed by atoms with Crippen molar-refractivity contribution in [2.45, 2.75) is 0 Å². The van der Waals surface area contributed by atoms with E-state index in [0.29, 0.717) is 0 Å². The van der Waals surface area contributed by atoms with Gasteiger partial charge in [0.25, 0.3) is 0 Å². The van der Waals surface area contributed by atoms with Crippen molar-refractivity contribution in [3.8, 4) is 0 Å². The molecule has 0 aliphatic carbocycles. The average molecular weight is 264 g/mol. The zero-order chi connectivity index (χ0) is 8.15. The van der Waals surface area contributed by atoms with Crippen molar-refractivity contribution in [2.24, 2.45) is 0 Å². The predicted molar refractivity (Wildman–Crippen MR) is 55.8 cm³/mol. The molecule has 0 rings (SSSR count). The van der Waals surface area contributed by atoms with E-state index in [1.54, 1.807) is 0 Å². The molecular weight excluding hydrogens is 256 g/mol. The van der Waals surface area contributed by atoms with Crippen molar-refractivity contribution >= 4 is 137 Å². The molecule has 0 bridgehead atoms. The van der Waals surface area contributed by atoms with E-state index in [0.717, 1.165) is 0 Å². The van der Waals surface area contributed by atoms with Crippen LogP contribution in [0.3, 0.4) is 0 Å².